The molecule has 5 nitrogen and oxygen atoms in total. The molecule has 0 fully saturated rings. The lowest BCUT2D eigenvalue weighted by Crippen LogP contribution is -2.34. The van der Waals surface area contributed by atoms with E-state index in [9.17, 15) is 22.4 Å². The zero-order valence-corrected chi connectivity index (χ0v) is 16.7. The first-order valence-electron chi connectivity index (χ1n) is 8.92. The second-order valence-corrected chi connectivity index (χ2v) is 7.36. The molecule has 2 aromatic carbocycles. The van der Waals surface area contributed by atoms with Crippen molar-refractivity contribution in [1.82, 2.24) is 14.7 Å². The average molecular weight is 438 g/mol. The predicted molar refractivity (Wildman–Crippen MR) is 106 cm³/mol. The van der Waals surface area contributed by atoms with E-state index >= 15 is 0 Å². The van der Waals surface area contributed by atoms with Crippen LogP contribution in [0.25, 0.3) is 0 Å². The highest BCUT2D eigenvalue weighted by molar-refractivity contribution is 7.09. The Morgan fingerprint density at radius 2 is 1.87 bits per heavy atom. The average Bonchev–Trinajstić information content (AvgIpc) is 3.16. The molecule has 3 rings (SSSR count). The Morgan fingerprint density at radius 1 is 1.13 bits per heavy atom. The van der Waals surface area contributed by atoms with Gasteiger partial charge < -0.3 is 10.2 Å². The van der Waals surface area contributed by atoms with E-state index in [4.69, 9.17) is 0 Å². The number of halogens is 4. The summed E-state index contributed by atoms with van der Waals surface area (Å²) >= 11 is 1.13. The van der Waals surface area contributed by atoms with Crippen molar-refractivity contribution in [3.05, 3.63) is 76.9 Å². The Kier molecular flexibility index (Phi) is 6.66. The lowest BCUT2D eigenvalue weighted by atomic mass is 10.1. The van der Waals surface area contributed by atoms with Crippen molar-refractivity contribution in [2.24, 2.45) is 0 Å². The minimum atomic E-state index is -4.43. The normalized spacial score (nSPS) is 11.4. The van der Waals surface area contributed by atoms with Gasteiger partial charge in [0.05, 0.1) is 12.1 Å². The summed E-state index contributed by atoms with van der Waals surface area (Å²) in [5, 5.41) is 3.13. The summed E-state index contributed by atoms with van der Waals surface area (Å²) in [7, 11) is 1.67. The number of anilines is 1. The largest absolute Gasteiger partial charge is 0.416 e. The van der Waals surface area contributed by atoms with E-state index in [0.29, 0.717) is 22.9 Å². The summed E-state index contributed by atoms with van der Waals surface area (Å²) in [6.07, 6.45) is -3.99. The molecule has 0 bridgehead atoms. The second kappa shape index (κ2) is 9.21. The fraction of sp³-hybridized carbons (Fsp3) is 0.250. The van der Waals surface area contributed by atoms with Gasteiger partial charge in [-0.15, -0.1) is 0 Å². The van der Waals surface area contributed by atoms with Gasteiger partial charge in [0.15, 0.2) is 0 Å². The molecule has 0 aliphatic carbocycles. The van der Waals surface area contributed by atoms with Gasteiger partial charge >= 0.3 is 6.18 Å². The number of hydrogen-bond donors (Lipinski definition) is 1. The van der Waals surface area contributed by atoms with Crippen LogP contribution in [0.15, 0.2) is 48.5 Å². The van der Waals surface area contributed by atoms with Crippen molar-refractivity contribution < 1.29 is 22.4 Å². The summed E-state index contributed by atoms with van der Waals surface area (Å²) in [5.74, 6) is -0.121. The van der Waals surface area contributed by atoms with Crippen molar-refractivity contribution in [1.29, 1.82) is 0 Å². The van der Waals surface area contributed by atoms with Crippen molar-refractivity contribution >= 4 is 22.6 Å². The first-order valence-corrected chi connectivity index (χ1v) is 9.69. The van der Waals surface area contributed by atoms with Crippen LogP contribution in [0.1, 0.15) is 22.5 Å². The van der Waals surface area contributed by atoms with Crippen molar-refractivity contribution in [3.63, 3.8) is 0 Å². The van der Waals surface area contributed by atoms with Crippen molar-refractivity contribution in [2.45, 2.75) is 19.1 Å². The minimum Gasteiger partial charge on any atom is -0.350 e. The summed E-state index contributed by atoms with van der Waals surface area (Å²) < 4.78 is 55.5. The highest BCUT2D eigenvalue weighted by Crippen LogP contribution is 2.29. The third kappa shape index (κ3) is 5.99. The van der Waals surface area contributed by atoms with Crippen LogP contribution < -0.4 is 10.2 Å². The smallest absolute Gasteiger partial charge is 0.350 e. The fourth-order valence-corrected chi connectivity index (χ4v) is 3.30. The molecule has 0 spiro atoms. The Balaban J connectivity index is 1.52. The first kappa shape index (κ1) is 21.7. The van der Waals surface area contributed by atoms with Crippen LogP contribution in [0.5, 0.6) is 0 Å². The van der Waals surface area contributed by atoms with E-state index in [-0.39, 0.29) is 24.8 Å². The molecule has 0 aliphatic rings. The number of amides is 1. The Morgan fingerprint density at radius 3 is 2.57 bits per heavy atom. The molecule has 0 saturated heterocycles. The van der Waals surface area contributed by atoms with Gasteiger partial charge in [-0.05, 0) is 35.4 Å². The summed E-state index contributed by atoms with van der Waals surface area (Å²) in [6.45, 7) is -0.0350. The minimum absolute atomic E-state index is 0.0114. The number of nitrogens with one attached hydrogen (secondary N) is 1. The topological polar surface area (TPSA) is 58.1 Å². The molecule has 1 heterocycles. The van der Waals surface area contributed by atoms with E-state index < -0.39 is 11.7 Å². The van der Waals surface area contributed by atoms with Gasteiger partial charge in [-0.25, -0.2) is 9.37 Å². The molecular weight excluding hydrogens is 420 g/mol. The molecule has 0 saturated carbocycles. The van der Waals surface area contributed by atoms with E-state index in [1.54, 1.807) is 24.1 Å². The van der Waals surface area contributed by atoms with Gasteiger partial charge in [-0.3, -0.25) is 4.79 Å². The molecule has 158 valence electrons. The Labute approximate surface area is 174 Å². The number of nitrogens with zero attached hydrogens (tertiary/aromatic N) is 3. The third-order valence-electron chi connectivity index (χ3n) is 4.18. The maximum Gasteiger partial charge on any atom is 0.416 e. The molecule has 1 amide bonds. The zero-order chi connectivity index (χ0) is 21.7. The molecule has 0 unspecified atom stereocenters. The highest BCUT2D eigenvalue weighted by atomic mass is 32.1. The monoisotopic (exact) mass is 438 g/mol. The number of alkyl halides is 3. The molecule has 10 heteroatoms. The SMILES string of the molecule is CN(CC(=O)NCc1cccc(C(F)(F)F)c1)c1nc(Cc2ccc(F)cc2)ns1. The Bertz CT molecular complexity index is 1000. The van der Waals surface area contributed by atoms with Gasteiger partial charge in [0, 0.05) is 31.5 Å². The summed E-state index contributed by atoms with van der Waals surface area (Å²) in [4.78, 5) is 18.1. The second-order valence-electron chi connectivity index (χ2n) is 6.63. The van der Waals surface area contributed by atoms with Gasteiger partial charge in [0.2, 0.25) is 11.0 Å². The lowest BCUT2D eigenvalue weighted by molar-refractivity contribution is -0.137. The van der Waals surface area contributed by atoms with Gasteiger partial charge in [0.25, 0.3) is 0 Å². The van der Waals surface area contributed by atoms with Gasteiger partial charge in [-0.2, -0.15) is 17.5 Å². The van der Waals surface area contributed by atoms with Crippen LogP contribution in [0.4, 0.5) is 22.7 Å². The quantitative estimate of drug-likeness (QED) is 0.566. The van der Waals surface area contributed by atoms with Crippen LogP contribution in [0.2, 0.25) is 0 Å². The maximum absolute atomic E-state index is 13.0. The summed E-state index contributed by atoms with van der Waals surface area (Å²) in [6, 6.07) is 10.9. The molecular formula is C20H18F4N4OS. The fourth-order valence-electron chi connectivity index (χ4n) is 2.65. The number of benzene rings is 2. The van der Waals surface area contributed by atoms with Crippen LogP contribution in [0, 0.1) is 5.82 Å². The molecule has 0 radical (unpaired) electrons. The standard InChI is InChI=1S/C20H18F4N4OS/c1-28(19-26-17(27-30-19)10-13-5-7-16(21)8-6-13)12-18(29)25-11-14-3-2-4-15(9-14)20(22,23)24/h2-9H,10-12H2,1H3,(H,25,29). The maximum atomic E-state index is 13.0. The van der Waals surface area contributed by atoms with Gasteiger partial charge in [-0.1, -0.05) is 24.3 Å². The Hall–Kier alpha value is -3.01. The number of likely N-dealkylation sites (N-methyl/N-ethyl adjacent to an activating group) is 1. The van der Waals surface area contributed by atoms with Crippen molar-refractivity contribution in [3.8, 4) is 0 Å². The first-order chi connectivity index (χ1) is 14.2. The number of carbonyl (C=O) groups excluding carboxylic acids is 1. The molecule has 0 aliphatic heterocycles. The molecule has 3 aromatic rings. The molecule has 1 N–H and O–H groups in total. The molecule has 1 aromatic heterocycles. The number of hydrogen-bond acceptors (Lipinski definition) is 5. The number of aromatic nitrogens is 2. The summed E-state index contributed by atoms with van der Waals surface area (Å²) in [5.41, 5.74) is 0.467. The zero-order valence-electron chi connectivity index (χ0n) is 15.9. The van der Waals surface area contributed by atoms with E-state index in [0.717, 1.165) is 29.2 Å². The van der Waals surface area contributed by atoms with Crippen LogP contribution in [-0.2, 0) is 23.9 Å². The van der Waals surface area contributed by atoms with Crippen LogP contribution in [0.3, 0.4) is 0 Å². The third-order valence-corrected chi connectivity index (χ3v) is 5.05. The number of carbonyl (C=O) groups is 1. The van der Waals surface area contributed by atoms with Gasteiger partial charge in [0.1, 0.15) is 11.6 Å². The van der Waals surface area contributed by atoms with E-state index in [2.05, 4.69) is 14.7 Å². The van der Waals surface area contributed by atoms with Crippen molar-refractivity contribution in [2.75, 3.05) is 18.5 Å². The van der Waals surface area contributed by atoms with E-state index in [1.165, 1.54) is 24.3 Å². The number of rotatable bonds is 7. The van der Waals surface area contributed by atoms with E-state index in [1.807, 2.05) is 0 Å². The molecule has 0 atom stereocenters. The predicted octanol–water partition coefficient (Wildman–Crippen LogP) is 4.04. The highest BCUT2D eigenvalue weighted by Gasteiger charge is 2.30. The van der Waals surface area contributed by atoms with Crippen LogP contribution in [-0.4, -0.2) is 28.9 Å². The van der Waals surface area contributed by atoms with Crippen LogP contribution >= 0.6 is 11.5 Å². The lowest BCUT2D eigenvalue weighted by Gasteiger charge is -2.15. The molecule has 30 heavy (non-hydrogen) atoms.